The number of fused-ring (bicyclic) bond motifs is 6. The predicted molar refractivity (Wildman–Crippen MR) is 217 cm³/mol. The van der Waals surface area contributed by atoms with Gasteiger partial charge in [0.25, 0.3) is 0 Å². The quantitative estimate of drug-likeness (QED) is 0.166. The molecule has 0 amide bonds. The third kappa shape index (κ3) is 4.92. The Hall–Kier alpha value is -7.04. The minimum absolute atomic E-state index is 0.887. The van der Waals surface area contributed by atoms with Gasteiger partial charge in [-0.05, 0) is 77.5 Å². The molecule has 10 aromatic rings. The van der Waals surface area contributed by atoms with E-state index in [9.17, 15) is 0 Å². The van der Waals surface area contributed by atoms with Crippen molar-refractivity contribution in [3.05, 3.63) is 194 Å². The van der Waals surface area contributed by atoms with Crippen LogP contribution >= 0.6 is 0 Å². The second-order valence-corrected chi connectivity index (χ2v) is 13.0. The number of rotatable bonds is 6. The van der Waals surface area contributed by atoms with Crippen LogP contribution in [-0.4, -0.2) is 14.5 Å². The van der Waals surface area contributed by atoms with Gasteiger partial charge in [-0.2, -0.15) is 0 Å². The summed E-state index contributed by atoms with van der Waals surface area (Å²) in [6, 6.07) is 68.3. The molecule has 0 spiro atoms. The molecule has 244 valence electrons. The molecule has 8 aromatic carbocycles. The minimum atomic E-state index is 0.887. The SMILES string of the molecule is c1ccc(-c2nc3cc(N(c4ccccc4)c4ccccc4)ccc3c3c2c(-c2nc4ccccc4n2-c2ccccc2)cc2ccccc23)cc1. The summed E-state index contributed by atoms with van der Waals surface area (Å²) >= 11 is 0. The number of hydrogen-bond acceptors (Lipinski definition) is 3. The van der Waals surface area contributed by atoms with Crippen LogP contribution in [0.4, 0.5) is 17.1 Å². The van der Waals surface area contributed by atoms with Crippen LogP contribution in [0.3, 0.4) is 0 Å². The molecule has 0 aliphatic heterocycles. The molecule has 0 atom stereocenters. The Labute approximate surface area is 301 Å². The highest BCUT2D eigenvalue weighted by molar-refractivity contribution is 6.26. The van der Waals surface area contributed by atoms with Gasteiger partial charge in [0.2, 0.25) is 0 Å². The van der Waals surface area contributed by atoms with E-state index < -0.39 is 0 Å². The van der Waals surface area contributed by atoms with Gasteiger partial charge >= 0.3 is 0 Å². The van der Waals surface area contributed by atoms with Gasteiger partial charge < -0.3 is 4.90 Å². The number of pyridine rings is 1. The van der Waals surface area contributed by atoms with Crippen molar-refractivity contribution in [3.8, 4) is 28.3 Å². The Balaban J connectivity index is 1.34. The smallest absolute Gasteiger partial charge is 0.146 e. The molecule has 0 saturated heterocycles. The van der Waals surface area contributed by atoms with Crippen LogP contribution in [0.2, 0.25) is 0 Å². The van der Waals surface area contributed by atoms with Crippen molar-refractivity contribution in [2.24, 2.45) is 0 Å². The summed E-state index contributed by atoms with van der Waals surface area (Å²) in [6.45, 7) is 0. The Kier molecular flexibility index (Phi) is 7.10. The fourth-order valence-corrected chi connectivity index (χ4v) is 7.64. The molecule has 0 radical (unpaired) electrons. The molecular weight excluding hydrogens is 633 g/mol. The molecular formula is C48H32N4. The molecule has 0 aliphatic rings. The zero-order valence-electron chi connectivity index (χ0n) is 28.3. The van der Waals surface area contributed by atoms with Gasteiger partial charge in [0, 0.05) is 50.0 Å². The Morgan fingerprint density at radius 3 is 1.77 bits per heavy atom. The second-order valence-electron chi connectivity index (χ2n) is 13.0. The molecule has 4 heteroatoms. The van der Waals surface area contributed by atoms with Crippen molar-refractivity contribution in [3.63, 3.8) is 0 Å². The Morgan fingerprint density at radius 2 is 1.04 bits per heavy atom. The summed E-state index contributed by atoms with van der Waals surface area (Å²) < 4.78 is 2.29. The fraction of sp³-hybridized carbons (Fsp3) is 0. The molecule has 10 rings (SSSR count). The van der Waals surface area contributed by atoms with E-state index in [2.05, 4.69) is 204 Å². The number of nitrogens with zero attached hydrogens (tertiary/aromatic N) is 4. The number of hydrogen-bond donors (Lipinski definition) is 0. The molecule has 0 unspecified atom stereocenters. The van der Waals surface area contributed by atoms with E-state index >= 15 is 0 Å². The van der Waals surface area contributed by atoms with E-state index in [0.717, 1.165) is 78.1 Å². The van der Waals surface area contributed by atoms with Crippen molar-refractivity contribution >= 4 is 60.5 Å². The Bertz CT molecular complexity index is 2840. The third-order valence-electron chi connectivity index (χ3n) is 9.92. The number of anilines is 3. The molecule has 2 heterocycles. The lowest BCUT2D eigenvalue weighted by Crippen LogP contribution is -2.09. The lowest BCUT2D eigenvalue weighted by atomic mass is 9.91. The fourth-order valence-electron chi connectivity index (χ4n) is 7.64. The van der Waals surface area contributed by atoms with Crippen LogP contribution in [0.25, 0.3) is 71.8 Å². The van der Waals surface area contributed by atoms with Crippen molar-refractivity contribution in [2.45, 2.75) is 0 Å². The van der Waals surface area contributed by atoms with Gasteiger partial charge in [0.05, 0.1) is 22.2 Å². The van der Waals surface area contributed by atoms with Crippen molar-refractivity contribution in [1.82, 2.24) is 14.5 Å². The van der Waals surface area contributed by atoms with Gasteiger partial charge in [-0.15, -0.1) is 0 Å². The topological polar surface area (TPSA) is 34.0 Å². The van der Waals surface area contributed by atoms with Crippen LogP contribution in [0, 0.1) is 0 Å². The lowest BCUT2D eigenvalue weighted by molar-refractivity contribution is 1.11. The van der Waals surface area contributed by atoms with Crippen LogP contribution < -0.4 is 4.90 Å². The first-order valence-electron chi connectivity index (χ1n) is 17.6. The van der Waals surface area contributed by atoms with Gasteiger partial charge in [-0.3, -0.25) is 4.57 Å². The van der Waals surface area contributed by atoms with Gasteiger partial charge in [0.15, 0.2) is 0 Å². The number of benzene rings is 8. The second kappa shape index (κ2) is 12.4. The zero-order chi connectivity index (χ0) is 34.4. The van der Waals surface area contributed by atoms with E-state index in [4.69, 9.17) is 9.97 Å². The van der Waals surface area contributed by atoms with E-state index in [1.54, 1.807) is 0 Å². The van der Waals surface area contributed by atoms with Gasteiger partial charge in [-0.25, -0.2) is 9.97 Å². The predicted octanol–water partition coefficient (Wildman–Crippen LogP) is 12.7. The summed E-state index contributed by atoms with van der Waals surface area (Å²) in [5, 5.41) is 5.69. The molecule has 0 bridgehead atoms. The molecule has 0 saturated carbocycles. The molecule has 0 aliphatic carbocycles. The monoisotopic (exact) mass is 664 g/mol. The first kappa shape index (κ1) is 29.8. The summed E-state index contributed by atoms with van der Waals surface area (Å²) in [5.74, 6) is 0.887. The standard InChI is InChI=1S/C48H32N4/c1-5-17-33(18-6-1)47-46-41(48-50-42-27-15-16-28-44(42)52(48)37-24-11-4-12-25-37)31-34-19-13-14-26-39(34)45(46)40-30-29-38(32-43(40)49-47)51(35-20-7-2-8-21-35)36-22-9-3-10-23-36/h1-32H. The van der Waals surface area contributed by atoms with Crippen molar-refractivity contribution in [1.29, 1.82) is 0 Å². The number of para-hydroxylation sites is 5. The molecule has 52 heavy (non-hydrogen) atoms. The first-order valence-corrected chi connectivity index (χ1v) is 17.6. The summed E-state index contributed by atoms with van der Waals surface area (Å²) in [5.41, 5.74) is 10.3. The summed E-state index contributed by atoms with van der Waals surface area (Å²) in [6.07, 6.45) is 0. The van der Waals surface area contributed by atoms with E-state index in [-0.39, 0.29) is 0 Å². The highest BCUT2D eigenvalue weighted by atomic mass is 15.1. The average molecular weight is 665 g/mol. The van der Waals surface area contributed by atoms with E-state index in [1.807, 2.05) is 0 Å². The average Bonchev–Trinajstić information content (AvgIpc) is 3.61. The van der Waals surface area contributed by atoms with Crippen molar-refractivity contribution in [2.75, 3.05) is 4.90 Å². The van der Waals surface area contributed by atoms with Crippen LogP contribution in [0.5, 0.6) is 0 Å². The molecule has 0 N–H and O–H groups in total. The van der Waals surface area contributed by atoms with Gasteiger partial charge in [-0.1, -0.05) is 127 Å². The Morgan fingerprint density at radius 1 is 0.423 bits per heavy atom. The van der Waals surface area contributed by atoms with Crippen LogP contribution in [0.15, 0.2) is 194 Å². The highest BCUT2D eigenvalue weighted by Gasteiger charge is 2.23. The van der Waals surface area contributed by atoms with E-state index in [0.29, 0.717) is 0 Å². The summed E-state index contributed by atoms with van der Waals surface area (Å²) in [7, 11) is 0. The normalized spacial score (nSPS) is 11.5. The molecule has 0 fully saturated rings. The zero-order valence-corrected chi connectivity index (χ0v) is 28.3. The van der Waals surface area contributed by atoms with Gasteiger partial charge in [0.1, 0.15) is 5.82 Å². The largest absolute Gasteiger partial charge is 0.310 e. The van der Waals surface area contributed by atoms with E-state index in [1.165, 1.54) is 10.8 Å². The highest BCUT2D eigenvalue weighted by Crippen LogP contribution is 2.45. The van der Waals surface area contributed by atoms with Crippen LogP contribution in [0.1, 0.15) is 0 Å². The maximum Gasteiger partial charge on any atom is 0.146 e. The molecule has 2 aromatic heterocycles. The number of imidazole rings is 1. The third-order valence-corrected chi connectivity index (χ3v) is 9.92. The van der Waals surface area contributed by atoms with Crippen molar-refractivity contribution < 1.29 is 0 Å². The van der Waals surface area contributed by atoms with Crippen LogP contribution in [-0.2, 0) is 0 Å². The maximum absolute atomic E-state index is 5.59. The minimum Gasteiger partial charge on any atom is -0.310 e. The number of aromatic nitrogens is 3. The summed E-state index contributed by atoms with van der Waals surface area (Å²) in [4.78, 5) is 13.2. The lowest BCUT2D eigenvalue weighted by Gasteiger charge is -2.26. The molecule has 4 nitrogen and oxygen atoms in total. The first-order chi connectivity index (χ1) is 25.8. The maximum atomic E-state index is 5.59.